The van der Waals surface area contributed by atoms with Crippen molar-refractivity contribution in [3.05, 3.63) is 35.9 Å². The first kappa shape index (κ1) is 23.7. The number of nitrogens with one attached hydrogen (secondary N) is 2. The van der Waals surface area contributed by atoms with Gasteiger partial charge in [0.25, 0.3) is 0 Å². The number of hydrogen-bond donors (Lipinski definition) is 2. The number of guanidine groups is 1. The second-order valence-electron chi connectivity index (χ2n) is 8.03. The van der Waals surface area contributed by atoms with Gasteiger partial charge < -0.3 is 15.5 Å². The summed E-state index contributed by atoms with van der Waals surface area (Å²) < 4.78 is 0. The van der Waals surface area contributed by atoms with E-state index in [0.717, 1.165) is 32.0 Å². The first-order valence-electron chi connectivity index (χ1n) is 9.75. The van der Waals surface area contributed by atoms with Crippen LogP contribution < -0.4 is 10.6 Å². The number of halogens is 1. The number of carbonyl (C=O) groups excluding carboxylic acids is 1. The highest BCUT2D eigenvalue weighted by atomic mass is 127. The molecule has 152 valence electrons. The van der Waals surface area contributed by atoms with E-state index in [2.05, 4.69) is 52.8 Å². The second kappa shape index (κ2) is 11.5. The maximum absolute atomic E-state index is 11.9. The van der Waals surface area contributed by atoms with E-state index in [0.29, 0.717) is 19.0 Å². The van der Waals surface area contributed by atoms with Gasteiger partial charge in [-0.15, -0.1) is 24.0 Å². The fourth-order valence-electron chi connectivity index (χ4n) is 3.16. The summed E-state index contributed by atoms with van der Waals surface area (Å²) in [5.74, 6) is 1.71. The summed E-state index contributed by atoms with van der Waals surface area (Å²) in [6.07, 6.45) is 2.32. The van der Waals surface area contributed by atoms with Crippen molar-refractivity contribution in [2.45, 2.75) is 40.5 Å². The molecular weight excluding hydrogens is 451 g/mol. The van der Waals surface area contributed by atoms with Crippen molar-refractivity contribution in [3.63, 3.8) is 0 Å². The molecule has 0 aliphatic carbocycles. The molecule has 0 aromatic heterocycles. The van der Waals surface area contributed by atoms with Crippen LogP contribution >= 0.6 is 24.0 Å². The zero-order valence-electron chi connectivity index (χ0n) is 17.1. The van der Waals surface area contributed by atoms with Gasteiger partial charge in [0.1, 0.15) is 0 Å². The lowest BCUT2D eigenvalue weighted by atomic mass is 9.96. The maximum Gasteiger partial charge on any atom is 0.225 e. The summed E-state index contributed by atoms with van der Waals surface area (Å²) in [6, 6.07) is 10.7. The quantitative estimate of drug-likeness (QED) is 0.281. The molecule has 1 saturated heterocycles. The van der Waals surface area contributed by atoms with Crippen LogP contribution in [-0.4, -0.2) is 49.5 Å². The molecule has 1 fully saturated rings. The molecule has 1 aromatic carbocycles. The topological polar surface area (TPSA) is 56.7 Å². The first-order valence-corrected chi connectivity index (χ1v) is 9.75. The van der Waals surface area contributed by atoms with Gasteiger partial charge in [-0.25, -0.2) is 0 Å². The van der Waals surface area contributed by atoms with Crippen LogP contribution in [0.15, 0.2) is 35.3 Å². The lowest BCUT2D eigenvalue weighted by Gasteiger charge is -2.22. The third kappa shape index (κ3) is 8.07. The molecule has 0 spiro atoms. The Morgan fingerprint density at radius 2 is 1.93 bits per heavy atom. The average Bonchev–Trinajstić information content (AvgIpc) is 3.05. The van der Waals surface area contributed by atoms with Crippen molar-refractivity contribution in [2.75, 3.05) is 32.7 Å². The summed E-state index contributed by atoms with van der Waals surface area (Å²) >= 11 is 0. The number of benzene rings is 1. The lowest BCUT2D eigenvalue weighted by Crippen LogP contribution is -2.41. The number of rotatable bonds is 6. The second-order valence-corrected chi connectivity index (χ2v) is 8.03. The minimum atomic E-state index is -0.353. The van der Waals surface area contributed by atoms with Crippen molar-refractivity contribution in [3.8, 4) is 0 Å². The standard InChI is InChI=1S/C21H34N4O.HI/c1-5-22-20(24-13-12-23-19(26)21(2,3)4)25-14-11-18(16-25)15-17-9-7-6-8-10-17;/h6-10,18H,5,11-16H2,1-4H3,(H,22,24)(H,23,26);1H. The molecule has 1 amide bonds. The van der Waals surface area contributed by atoms with Crippen molar-refractivity contribution < 1.29 is 4.79 Å². The molecule has 1 aromatic rings. The molecule has 1 aliphatic heterocycles. The van der Waals surface area contributed by atoms with Crippen LogP contribution in [0.25, 0.3) is 0 Å². The molecule has 1 heterocycles. The molecule has 2 rings (SSSR count). The Labute approximate surface area is 181 Å². The van der Waals surface area contributed by atoms with E-state index in [1.54, 1.807) is 0 Å². The highest BCUT2D eigenvalue weighted by Gasteiger charge is 2.25. The normalized spacial score (nSPS) is 17.4. The van der Waals surface area contributed by atoms with Gasteiger partial charge in [-0.2, -0.15) is 0 Å². The SMILES string of the molecule is CCNC(=NCCNC(=O)C(C)(C)C)N1CCC(Cc2ccccc2)C1.I. The molecule has 1 unspecified atom stereocenters. The first-order chi connectivity index (χ1) is 12.4. The van der Waals surface area contributed by atoms with Crippen LogP contribution in [0.3, 0.4) is 0 Å². The van der Waals surface area contributed by atoms with Crippen molar-refractivity contribution in [2.24, 2.45) is 16.3 Å². The van der Waals surface area contributed by atoms with Crippen molar-refractivity contribution >= 4 is 35.8 Å². The number of aliphatic imine (C=N–C) groups is 1. The molecule has 0 saturated carbocycles. The Morgan fingerprint density at radius 3 is 2.56 bits per heavy atom. The summed E-state index contributed by atoms with van der Waals surface area (Å²) in [5.41, 5.74) is 1.06. The maximum atomic E-state index is 11.9. The van der Waals surface area contributed by atoms with Gasteiger partial charge in [0.05, 0.1) is 6.54 Å². The van der Waals surface area contributed by atoms with Gasteiger partial charge in [0.15, 0.2) is 5.96 Å². The smallest absolute Gasteiger partial charge is 0.225 e. The fourth-order valence-corrected chi connectivity index (χ4v) is 3.16. The highest BCUT2D eigenvalue weighted by Crippen LogP contribution is 2.20. The fraction of sp³-hybridized carbons (Fsp3) is 0.619. The summed E-state index contributed by atoms with van der Waals surface area (Å²) in [7, 11) is 0. The largest absolute Gasteiger partial charge is 0.357 e. The summed E-state index contributed by atoms with van der Waals surface area (Å²) in [4.78, 5) is 19.0. The predicted molar refractivity (Wildman–Crippen MR) is 124 cm³/mol. The van der Waals surface area contributed by atoms with Crippen LogP contribution in [0.1, 0.15) is 39.7 Å². The van der Waals surface area contributed by atoms with Crippen molar-refractivity contribution in [1.82, 2.24) is 15.5 Å². The third-order valence-corrected chi connectivity index (χ3v) is 4.63. The Morgan fingerprint density at radius 1 is 1.22 bits per heavy atom. The van der Waals surface area contributed by atoms with E-state index >= 15 is 0 Å². The van der Waals surface area contributed by atoms with Crippen LogP contribution in [-0.2, 0) is 11.2 Å². The molecule has 1 atom stereocenters. The van der Waals surface area contributed by atoms with E-state index in [1.807, 2.05) is 20.8 Å². The Balaban J connectivity index is 0.00000364. The van der Waals surface area contributed by atoms with Crippen LogP contribution in [0.2, 0.25) is 0 Å². The van der Waals surface area contributed by atoms with Crippen LogP contribution in [0.4, 0.5) is 0 Å². The van der Waals surface area contributed by atoms with E-state index in [1.165, 1.54) is 12.0 Å². The molecule has 0 radical (unpaired) electrons. The Bertz CT molecular complexity index is 598. The molecule has 1 aliphatic rings. The van der Waals surface area contributed by atoms with Gasteiger partial charge in [-0.05, 0) is 31.2 Å². The van der Waals surface area contributed by atoms with Gasteiger partial charge in [-0.3, -0.25) is 9.79 Å². The summed E-state index contributed by atoms with van der Waals surface area (Å²) in [6.45, 7) is 12.0. The molecule has 2 N–H and O–H groups in total. The number of amides is 1. The zero-order valence-corrected chi connectivity index (χ0v) is 19.5. The van der Waals surface area contributed by atoms with E-state index in [9.17, 15) is 4.79 Å². The van der Waals surface area contributed by atoms with Gasteiger partial charge in [0, 0.05) is 31.6 Å². The van der Waals surface area contributed by atoms with Gasteiger partial charge >= 0.3 is 0 Å². The summed E-state index contributed by atoms with van der Waals surface area (Å²) in [5, 5.41) is 6.35. The lowest BCUT2D eigenvalue weighted by molar-refractivity contribution is -0.128. The average molecular weight is 486 g/mol. The van der Waals surface area contributed by atoms with E-state index in [4.69, 9.17) is 4.99 Å². The molecule has 27 heavy (non-hydrogen) atoms. The van der Waals surface area contributed by atoms with E-state index < -0.39 is 0 Å². The number of nitrogens with zero attached hydrogens (tertiary/aromatic N) is 2. The highest BCUT2D eigenvalue weighted by molar-refractivity contribution is 14.0. The van der Waals surface area contributed by atoms with Crippen LogP contribution in [0, 0.1) is 11.3 Å². The number of carbonyl (C=O) groups is 1. The molecular formula is C21H35IN4O. The predicted octanol–water partition coefficient (Wildman–Crippen LogP) is 3.30. The zero-order chi connectivity index (χ0) is 19.0. The van der Waals surface area contributed by atoms with Crippen LogP contribution in [0.5, 0.6) is 0 Å². The minimum absolute atomic E-state index is 0. The Hall–Kier alpha value is -1.31. The number of hydrogen-bond acceptors (Lipinski definition) is 2. The minimum Gasteiger partial charge on any atom is -0.357 e. The third-order valence-electron chi connectivity index (χ3n) is 4.63. The van der Waals surface area contributed by atoms with Crippen molar-refractivity contribution in [1.29, 1.82) is 0 Å². The monoisotopic (exact) mass is 486 g/mol. The molecule has 5 nitrogen and oxygen atoms in total. The Kier molecular flexibility index (Phi) is 10.1. The van der Waals surface area contributed by atoms with Gasteiger partial charge in [-0.1, -0.05) is 51.1 Å². The molecule has 6 heteroatoms. The number of likely N-dealkylation sites (tertiary alicyclic amines) is 1. The molecule has 0 bridgehead atoms. The van der Waals surface area contributed by atoms with E-state index in [-0.39, 0.29) is 35.3 Å². The van der Waals surface area contributed by atoms with Gasteiger partial charge in [0.2, 0.25) is 5.91 Å².